The lowest BCUT2D eigenvalue weighted by molar-refractivity contribution is -0.134. The smallest absolute Gasteiger partial charge is 0.245 e. The fraction of sp³-hybridized carbons (Fsp3) is 0.467. The molecule has 1 unspecified atom stereocenters. The summed E-state index contributed by atoms with van der Waals surface area (Å²) in [7, 11) is 0. The molecular formula is C15H16Cl2N2O2. The predicted octanol–water partition coefficient (Wildman–Crippen LogP) is 2.62. The SMILES string of the molecule is O=C1CCN(Cc2ccc(Cl)cc2Cl)C(=O)C(C2CC2)N1. The van der Waals surface area contributed by atoms with Gasteiger partial charge >= 0.3 is 0 Å². The third kappa shape index (κ3) is 3.33. The molecule has 0 spiro atoms. The van der Waals surface area contributed by atoms with Crippen molar-refractivity contribution in [3.8, 4) is 0 Å². The number of hydrogen-bond acceptors (Lipinski definition) is 2. The minimum atomic E-state index is -0.369. The fourth-order valence-corrected chi connectivity index (χ4v) is 3.08. The van der Waals surface area contributed by atoms with E-state index in [0.29, 0.717) is 35.5 Å². The van der Waals surface area contributed by atoms with E-state index in [4.69, 9.17) is 23.2 Å². The lowest BCUT2D eigenvalue weighted by Gasteiger charge is -2.24. The van der Waals surface area contributed by atoms with E-state index in [0.717, 1.165) is 18.4 Å². The minimum Gasteiger partial charge on any atom is -0.344 e. The van der Waals surface area contributed by atoms with Crippen LogP contribution in [0.1, 0.15) is 24.8 Å². The van der Waals surface area contributed by atoms with Gasteiger partial charge in [0.05, 0.1) is 0 Å². The standard InChI is InChI=1S/C15H16Cl2N2O2/c16-11-4-3-10(12(17)7-11)8-19-6-5-13(20)18-14(15(19)21)9-1-2-9/h3-4,7,9,14H,1-2,5-6,8H2,(H,18,20). The molecule has 4 nitrogen and oxygen atoms in total. The molecule has 3 rings (SSSR count). The normalized spacial score (nSPS) is 23.0. The van der Waals surface area contributed by atoms with E-state index in [9.17, 15) is 9.59 Å². The van der Waals surface area contributed by atoms with Crippen LogP contribution >= 0.6 is 23.2 Å². The number of rotatable bonds is 3. The van der Waals surface area contributed by atoms with E-state index >= 15 is 0 Å². The topological polar surface area (TPSA) is 49.4 Å². The molecule has 0 bridgehead atoms. The molecule has 1 saturated carbocycles. The number of amides is 2. The zero-order chi connectivity index (χ0) is 15.0. The van der Waals surface area contributed by atoms with Crippen LogP contribution in [0.5, 0.6) is 0 Å². The van der Waals surface area contributed by atoms with Crippen molar-refractivity contribution in [3.05, 3.63) is 33.8 Å². The van der Waals surface area contributed by atoms with Crippen LogP contribution in [0.4, 0.5) is 0 Å². The molecule has 1 N–H and O–H groups in total. The predicted molar refractivity (Wildman–Crippen MR) is 81.2 cm³/mol. The molecule has 1 atom stereocenters. The number of carbonyl (C=O) groups excluding carboxylic acids is 2. The number of halogens is 2. The van der Waals surface area contributed by atoms with E-state index in [2.05, 4.69) is 5.32 Å². The van der Waals surface area contributed by atoms with Gasteiger partial charge in [0, 0.05) is 29.6 Å². The van der Waals surface area contributed by atoms with Gasteiger partial charge in [-0.05, 0) is 36.5 Å². The molecule has 2 fully saturated rings. The molecule has 112 valence electrons. The Morgan fingerprint density at radius 2 is 2.00 bits per heavy atom. The van der Waals surface area contributed by atoms with Crippen molar-refractivity contribution < 1.29 is 9.59 Å². The van der Waals surface area contributed by atoms with Crippen LogP contribution in [0.25, 0.3) is 0 Å². The van der Waals surface area contributed by atoms with Crippen molar-refractivity contribution in [1.29, 1.82) is 0 Å². The number of benzene rings is 1. The maximum atomic E-state index is 12.6. The molecule has 6 heteroatoms. The first-order valence-electron chi connectivity index (χ1n) is 7.06. The molecular weight excluding hydrogens is 311 g/mol. The van der Waals surface area contributed by atoms with E-state index in [1.165, 1.54) is 0 Å². The van der Waals surface area contributed by atoms with Gasteiger partial charge in [0.15, 0.2) is 0 Å². The van der Waals surface area contributed by atoms with E-state index in [1.807, 2.05) is 6.07 Å². The molecule has 1 saturated heterocycles. The first kappa shape index (κ1) is 14.7. The van der Waals surface area contributed by atoms with Gasteiger partial charge < -0.3 is 10.2 Å². The van der Waals surface area contributed by atoms with Crippen LogP contribution in [0.3, 0.4) is 0 Å². The largest absolute Gasteiger partial charge is 0.344 e. The highest BCUT2D eigenvalue weighted by molar-refractivity contribution is 6.35. The molecule has 0 aromatic heterocycles. The molecule has 1 aliphatic carbocycles. The van der Waals surface area contributed by atoms with Crippen LogP contribution in [-0.4, -0.2) is 29.3 Å². The Labute approximate surface area is 133 Å². The Kier molecular flexibility index (Phi) is 4.09. The summed E-state index contributed by atoms with van der Waals surface area (Å²) in [6.07, 6.45) is 2.35. The molecule has 1 heterocycles. The third-order valence-electron chi connectivity index (χ3n) is 3.97. The average molecular weight is 327 g/mol. The Bertz CT molecular complexity index is 587. The summed E-state index contributed by atoms with van der Waals surface area (Å²) in [6.45, 7) is 0.833. The molecule has 0 radical (unpaired) electrons. The highest BCUT2D eigenvalue weighted by atomic mass is 35.5. The number of nitrogens with one attached hydrogen (secondary N) is 1. The molecule has 21 heavy (non-hydrogen) atoms. The maximum absolute atomic E-state index is 12.6. The van der Waals surface area contributed by atoms with Crippen LogP contribution in [0.2, 0.25) is 10.0 Å². The van der Waals surface area contributed by atoms with Gasteiger partial charge in [-0.15, -0.1) is 0 Å². The number of hydrogen-bond donors (Lipinski definition) is 1. The summed E-state index contributed by atoms with van der Waals surface area (Å²) in [5.74, 6) is 0.238. The van der Waals surface area contributed by atoms with Gasteiger partial charge in [-0.1, -0.05) is 29.3 Å². The first-order valence-corrected chi connectivity index (χ1v) is 7.82. The zero-order valence-corrected chi connectivity index (χ0v) is 13.0. The van der Waals surface area contributed by atoms with Crippen molar-refractivity contribution in [1.82, 2.24) is 10.2 Å². The number of nitrogens with zero attached hydrogens (tertiary/aromatic N) is 1. The second-order valence-electron chi connectivity index (χ2n) is 5.63. The van der Waals surface area contributed by atoms with Gasteiger partial charge in [-0.25, -0.2) is 0 Å². The van der Waals surface area contributed by atoms with Gasteiger partial charge in [0.2, 0.25) is 11.8 Å². The lowest BCUT2D eigenvalue weighted by atomic mass is 10.1. The van der Waals surface area contributed by atoms with Crippen LogP contribution in [0, 0.1) is 5.92 Å². The quantitative estimate of drug-likeness (QED) is 0.928. The molecule has 2 amide bonds. The summed E-state index contributed by atoms with van der Waals surface area (Å²) in [4.78, 5) is 26.1. The highest BCUT2D eigenvalue weighted by Crippen LogP contribution is 2.34. The average Bonchev–Trinajstić information content (AvgIpc) is 3.26. The van der Waals surface area contributed by atoms with Crippen LogP contribution in [0.15, 0.2) is 18.2 Å². The van der Waals surface area contributed by atoms with Crippen LogP contribution in [-0.2, 0) is 16.1 Å². The van der Waals surface area contributed by atoms with Gasteiger partial charge in [-0.2, -0.15) is 0 Å². The van der Waals surface area contributed by atoms with E-state index in [-0.39, 0.29) is 17.9 Å². The lowest BCUT2D eigenvalue weighted by Crippen LogP contribution is -2.45. The Morgan fingerprint density at radius 3 is 2.67 bits per heavy atom. The molecule has 1 aromatic rings. The van der Waals surface area contributed by atoms with Crippen molar-refractivity contribution >= 4 is 35.0 Å². The summed E-state index contributed by atoms with van der Waals surface area (Å²) in [5, 5.41) is 3.96. The molecule has 1 aromatic carbocycles. The first-order chi connectivity index (χ1) is 10.0. The summed E-state index contributed by atoms with van der Waals surface area (Å²) >= 11 is 12.1. The van der Waals surface area contributed by atoms with Gasteiger partial charge in [-0.3, -0.25) is 9.59 Å². The van der Waals surface area contributed by atoms with Crippen molar-refractivity contribution in [2.75, 3.05) is 6.54 Å². The summed E-state index contributed by atoms with van der Waals surface area (Å²) in [6, 6.07) is 4.88. The van der Waals surface area contributed by atoms with Gasteiger partial charge in [0.25, 0.3) is 0 Å². The maximum Gasteiger partial charge on any atom is 0.245 e. The van der Waals surface area contributed by atoms with Crippen molar-refractivity contribution in [2.45, 2.75) is 31.8 Å². The highest BCUT2D eigenvalue weighted by Gasteiger charge is 2.40. The minimum absolute atomic E-state index is 0.00522. The Hall–Kier alpha value is -1.26. The van der Waals surface area contributed by atoms with E-state index < -0.39 is 0 Å². The summed E-state index contributed by atoms with van der Waals surface area (Å²) in [5.41, 5.74) is 0.846. The van der Waals surface area contributed by atoms with E-state index in [1.54, 1.807) is 17.0 Å². The van der Waals surface area contributed by atoms with Gasteiger partial charge in [0.1, 0.15) is 6.04 Å². The van der Waals surface area contributed by atoms with Crippen molar-refractivity contribution in [3.63, 3.8) is 0 Å². The Balaban J connectivity index is 1.79. The van der Waals surface area contributed by atoms with Crippen molar-refractivity contribution in [2.24, 2.45) is 5.92 Å². The Morgan fingerprint density at radius 1 is 1.24 bits per heavy atom. The fourth-order valence-electron chi connectivity index (χ4n) is 2.61. The second kappa shape index (κ2) is 5.85. The molecule has 1 aliphatic heterocycles. The second-order valence-corrected chi connectivity index (χ2v) is 6.47. The monoisotopic (exact) mass is 326 g/mol. The number of carbonyl (C=O) groups is 2. The zero-order valence-electron chi connectivity index (χ0n) is 11.4. The third-order valence-corrected chi connectivity index (χ3v) is 4.56. The summed E-state index contributed by atoms with van der Waals surface area (Å²) < 4.78 is 0. The molecule has 2 aliphatic rings. The van der Waals surface area contributed by atoms with Crippen LogP contribution < -0.4 is 5.32 Å².